The molecule has 0 atom stereocenters. The summed E-state index contributed by atoms with van der Waals surface area (Å²) < 4.78 is 5.39. The number of aromatic nitrogens is 2. The third-order valence-electron chi connectivity index (χ3n) is 2.19. The Balaban J connectivity index is 3.04. The van der Waals surface area contributed by atoms with Crippen LogP contribution in [-0.2, 0) is 10.3 Å². The van der Waals surface area contributed by atoms with E-state index in [0.29, 0.717) is 11.6 Å². The average molecular weight is 253 g/mol. The summed E-state index contributed by atoms with van der Waals surface area (Å²) in [7, 11) is 1.44. The number of Topliss-reactive ketones (excluding diaryl/α,β-unsaturated/α-hetero) is 1. The third kappa shape index (κ3) is 3.16. The molecule has 0 radical (unpaired) electrons. The van der Waals surface area contributed by atoms with E-state index in [0.717, 1.165) is 5.57 Å². The highest BCUT2D eigenvalue weighted by molar-refractivity contribution is 6.05. The molecule has 0 aliphatic carbocycles. The summed E-state index contributed by atoms with van der Waals surface area (Å²) in [5, 5.41) is 7.65. The van der Waals surface area contributed by atoms with E-state index in [2.05, 4.69) is 15.7 Å². The molecule has 1 aromatic heterocycles. The van der Waals surface area contributed by atoms with Crippen LogP contribution in [0.4, 0.5) is 0 Å². The lowest BCUT2D eigenvalue weighted by molar-refractivity contribution is 0.0845. The minimum atomic E-state index is -0.375. The van der Waals surface area contributed by atoms with Crippen LogP contribution in [0, 0.1) is 0 Å². The average Bonchev–Trinajstić information content (AvgIpc) is 2.73. The van der Waals surface area contributed by atoms with Crippen molar-refractivity contribution in [2.75, 3.05) is 7.11 Å². The van der Waals surface area contributed by atoms with Crippen molar-refractivity contribution in [3.63, 3.8) is 0 Å². The Kier molecular flexibility index (Phi) is 4.24. The molecule has 6 nitrogen and oxygen atoms in total. The molecular weight excluding hydrogens is 234 g/mol. The quantitative estimate of drug-likeness (QED) is 0.502. The molecule has 0 aromatic carbocycles. The third-order valence-corrected chi connectivity index (χ3v) is 2.19. The highest BCUT2D eigenvalue weighted by Gasteiger charge is 2.26. The lowest BCUT2D eigenvalue weighted by atomic mass is 9.97. The SMILES string of the molecule is CONC(C(=O)c1nnc(C(C)(C)C)o1)=C(C)C. The van der Waals surface area contributed by atoms with Gasteiger partial charge in [0.1, 0.15) is 5.70 Å². The van der Waals surface area contributed by atoms with E-state index in [9.17, 15) is 4.79 Å². The minimum absolute atomic E-state index is 0.0410. The van der Waals surface area contributed by atoms with Gasteiger partial charge in [-0.1, -0.05) is 20.8 Å². The molecule has 1 heterocycles. The molecule has 0 saturated carbocycles. The zero-order chi connectivity index (χ0) is 13.9. The Morgan fingerprint density at radius 3 is 2.28 bits per heavy atom. The van der Waals surface area contributed by atoms with Crippen molar-refractivity contribution >= 4 is 5.78 Å². The first-order valence-electron chi connectivity index (χ1n) is 5.62. The largest absolute Gasteiger partial charge is 0.417 e. The van der Waals surface area contributed by atoms with Crippen LogP contribution >= 0.6 is 0 Å². The molecule has 0 aliphatic heterocycles. The van der Waals surface area contributed by atoms with E-state index in [1.165, 1.54) is 7.11 Å². The number of carbonyl (C=O) groups is 1. The number of ketones is 1. The fourth-order valence-corrected chi connectivity index (χ4v) is 1.20. The van der Waals surface area contributed by atoms with Crippen LogP contribution in [0.3, 0.4) is 0 Å². The van der Waals surface area contributed by atoms with Crippen molar-refractivity contribution in [3.8, 4) is 0 Å². The van der Waals surface area contributed by atoms with E-state index in [1.807, 2.05) is 20.8 Å². The number of hydrogen-bond acceptors (Lipinski definition) is 6. The molecule has 0 amide bonds. The smallest absolute Gasteiger partial charge is 0.290 e. The van der Waals surface area contributed by atoms with Gasteiger partial charge in [-0.15, -0.1) is 10.2 Å². The van der Waals surface area contributed by atoms with E-state index in [1.54, 1.807) is 13.8 Å². The van der Waals surface area contributed by atoms with Crippen molar-refractivity contribution in [3.05, 3.63) is 23.1 Å². The number of hydrogen-bond donors (Lipinski definition) is 1. The highest BCUT2D eigenvalue weighted by Crippen LogP contribution is 2.21. The van der Waals surface area contributed by atoms with Crippen molar-refractivity contribution in [1.82, 2.24) is 15.7 Å². The molecule has 0 bridgehead atoms. The van der Waals surface area contributed by atoms with Crippen LogP contribution < -0.4 is 5.48 Å². The van der Waals surface area contributed by atoms with Crippen LogP contribution in [0.2, 0.25) is 0 Å². The predicted molar refractivity (Wildman–Crippen MR) is 65.8 cm³/mol. The van der Waals surface area contributed by atoms with Crippen molar-refractivity contribution in [2.24, 2.45) is 0 Å². The fourth-order valence-electron chi connectivity index (χ4n) is 1.20. The Morgan fingerprint density at radius 2 is 1.89 bits per heavy atom. The molecule has 0 unspecified atom stereocenters. The number of allylic oxidation sites excluding steroid dienone is 2. The topological polar surface area (TPSA) is 77.2 Å². The summed E-state index contributed by atoms with van der Waals surface area (Å²) in [6.45, 7) is 9.39. The Labute approximate surface area is 106 Å². The Hall–Kier alpha value is -1.69. The van der Waals surface area contributed by atoms with Gasteiger partial charge < -0.3 is 4.42 Å². The van der Waals surface area contributed by atoms with Gasteiger partial charge in [0.05, 0.1) is 7.11 Å². The van der Waals surface area contributed by atoms with Gasteiger partial charge in [-0.3, -0.25) is 15.1 Å². The predicted octanol–water partition coefficient (Wildman–Crippen LogP) is 1.99. The summed E-state index contributed by atoms with van der Waals surface area (Å²) >= 11 is 0. The maximum atomic E-state index is 12.1. The number of nitrogens with zero attached hydrogens (tertiary/aromatic N) is 2. The van der Waals surface area contributed by atoms with E-state index >= 15 is 0 Å². The standard InChI is InChI=1S/C12H19N3O3/c1-7(2)8(15-17-6)9(16)10-13-14-11(18-10)12(3,4)5/h15H,1-6H3. The van der Waals surface area contributed by atoms with Crippen molar-refractivity contribution < 1.29 is 14.0 Å². The van der Waals surface area contributed by atoms with Gasteiger partial charge in [-0.25, -0.2) is 0 Å². The van der Waals surface area contributed by atoms with Gasteiger partial charge in [0.15, 0.2) is 0 Å². The Morgan fingerprint density at radius 1 is 1.28 bits per heavy atom. The Bertz CT molecular complexity index is 465. The van der Waals surface area contributed by atoms with Crippen LogP contribution in [0.25, 0.3) is 0 Å². The zero-order valence-electron chi connectivity index (χ0n) is 11.6. The van der Waals surface area contributed by atoms with E-state index in [4.69, 9.17) is 9.25 Å². The highest BCUT2D eigenvalue weighted by atomic mass is 16.6. The molecule has 0 spiro atoms. The molecule has 1 N–H and O–H groups in total. The monoisotopic (exact) mass is 253 g/mol. The van der Waals surface area contributed by atoms with Crippen LogP contribution in [0.15, 0.2) is 15.7 Å². The maximum absolute atomic E-state index is 12.1. The molecular formula is C12H19N3O3. The number of hydroxylamine groups is 1. The summed E-state index contributed by atoms with van der Waals surface area (Å²) in [6, 6.07) is 0. The first kappa shape index (κ1) is 14.4. The normalized spacial score (nSPS) is 11.2. The molecule has 18 heavy (non-hydrogen) atoms. The minimum Gasteiger partial charge on any atom is -0.417 e. The first-order valence-corrected chi connectivity index (χ1v) is 5.62. The van der Waals surface area contributed by atoms with Gasteiger partial charge >= 0.3 is 0 Å². The first-order chi connectivity index (χ1) is 8.27. The fraction of sp³-hybridized carbons (Fsp3) is 0.583. The molecule has 0 aliphatic rings. The number of carbonyl (C=O) groups excluding carboxylic acids is 1. The maximum Gasteiger partial charge on any atom is 0.290 e. The lowest BCUT2D eigenvalue weighted by Crippen LogP contribution is -2.21. The molecule has 1 aromatic rings. The van der Waals surface area contributed by atoms with E-state index in [-0.39, 0.29) is 17.1 Å². The van der Waals surface area contributed by atoms with Gasteiger partial charge in [-0.2, -0.15) is 0 Å². The summed E-state index contributed by atoms with van der Waals surface area (Å²) in [5.41, 5.74) is 3.33. The molecule has 1 rings (SSSR count). The van der Waals surface area contributed by atoms with E-state index < -0.39 is 0 Å². The van der Waals surface area contributed by atoms with Gasteiger partial charge in [0, 0.05) is 5.41 Å². The zero-order valence-corrected chi connectivity index (χ0v) is 11.6. The van der Waals surface area contributed by atoms with Gasteiger partial charge in [-0.05, 0) is 19.4 Å². The number of nitrogens with one attached hydrogen (secondary N) is 1. The molecule has 0 saturated heterocycles. The van der Waals surface area contributed by atoms with Crippen molar-refractivity contribution in [1.29, 1.82) is 0 Å². The molecule has 6 heteroatoms. The van der Waals surface area contributed by atoms with Crippen molar-refractivity contribution in [2.45, 2.75) is 40.0 Å². The van der Waals surface area contributed by atoms with Gasteiger partial charge in [0.25, 0.3) is 11.7 Å². The molecule has 100 valence electrons. The second-order valence-corrected chi connectivity index (χ2v) is 5.17. The van der Waals surface area contributed by atoms with Crippen LogP contribution in [0.1, 0.15) is 51.2 Å². The summed E-state index contributed by atoms with van der Waals surface area (Å²) in [4.78, 5) is 16.9. The summed E-state index contributed by atoms with van der Waals surface area (Å²) in [6.07, 6.45) is 0. The summed E-state index contributed by atoms with van der Waals surface area (Å²) in [5.74, 6) is 0.0110. The lowest BCUT2D eigenvalue weighted by Gasteiger charge is -2.11. The number of rotatable bonds is 4. The van der Waals surface area contributed by atoms with Gasteiger partial charge in [0.2, 0.25) is 5.89 Å². The second kappa shape index (κ2) is 5.30. The second-order valence-electron chi connectivity index (χ2n) is 5.17. The van der Waals surface area contributed by atoms with Crippen LogP contribution in [-0.4, -0.2) is 23.1 Å². The van der Waals surface area contributed by atoms with Crippen LogP contribution in [0.5, 0.6) is 0 Å². The molecule has 0 fully saturated rings.